The topological polar surface area (TPSA) is 93.5 Å². The predicted molar refractivity (Wildman–Crippen MR) is 95.9 cm³/mol. The zero-order chi connectivity index (χ0) is 16.8. The molecule has 0 aliphatic carbocycles. The first-order chi connectivity index (χ1) is 11.0. The number of hydrogen-bond donors (Lipinski definition) is 2. The Hall–Kier alpha value is -2.45. The van der Waals surface area contributed by atoms with Gasteiger partial charge in [-0.1, -0.05) is 35.5 Å². The third kappa shape index (κ3) is 5.04. The molecule has 0 atom stereocenters. The van der Waals surface area contributed by atoms with E-state index >= 15 is 0 Å². The van der Waals surface area contributed by atoms with Gasteiger partial charge in [-0.2, -0.15) is 5.10 Å². The lowest BCUT2D eigenvalue weighted by Crippen LogP contribution is -2.23. The minimum absolute atomic E-state index is 0.0230. The van der Waals surface area contributed by atoms with Gasteiger partial charge in [0.1, 0.15) is 0 Å². The van der Waals surface area contributed by atoms with Crippen LogP contribution in [0.25, 0.3) is 0 Å². The summed E-state index contributed by atoms with van der Waals surface area (Å²) in [6, 6.07) is 12.7. The van der Waals surface area contributed by atoms with Gasteiger partial charge in [0, 0.05) is 16.5 Å². The summed E-state index contributed by atoms with van der Waals surface area (Å²) < 4.78 is 0. The van der Waals surface area contributed by atoms with Crippen LogP contribution in [0.4, 0.5) is 5.69 Å². The van der Waals surface area contributed by atoms with Crippen molar-refractivity contribution in [2.24, 2.45) is 10.8 Å². The largest absolute Gasteiger partial charge is 0.375 e. The number of aryl methyl sites for hydroxylation is 1. The standard InChI is InChI=1S/C15H14N4O2S2/c1-10-2-5-12(6-3-10)23-14-7-4-11(8-13(14)19(20)21)9-17-18-15(16)22/h2-9H,1H3,(H3,16,18,22)/b17-9+. The number of nitro groups is 1. The fourth-order valence-electron chi connectivity index (χ4n) is 1.75. The molecule has 6 nitrogen and oxygen atoms in total. The highest BCUT2D eigenvalue weighted by Gasteiger charge is 2.15. The molecule has 0 aliphatic heterocycles. The van der Waals surface area contributed by atoms with Gasteiger partial charge >= 0.3 is 0 Å². The summed E-state index contributed by atoms with van der Waals surface area (Å²) in [5, 5.41) is 15.1. The average Bonchev–Trinajstić information content (AvgIpc) is 2.50. The Bertz CT molecular complexity index is 761. The van der Waals surface area contributed by atoms with E-state index in [0.717, 1.165) is 10.5 Å². The predicted octanol–water partition coefficient (Wildman–Crippen LogP) is 3.22. The zero-order valence-corrected chi connectivity index (χ0v) is 13.9. The maximum Gasteiger partial charge on any atom is 0.283 e. The lowest BCUT2D eigenvalue weighted by molar-refractivity contribution is -0.387. The average molecular weight is 346 g/mol. The molecule has 3 N–H and O–H groups in total. The molecule has 2 rings (SSSR count). The van der Waals surface area contributed by atoms with E-state index in [1.165, 1.54) is 24.0 Å². The monoisotopic (exact) mass is 346 g/mol. The second kappa shape index (κ2) is 7.70. The van der Waals surface area contributed by atoms with E-state index in [4.69, 9.17) is 5.73 Å². The minimum Gasteiger partial charge on any atom is -0.375 e. The number of nitrogens with two attached hydrogens (primary N) is 1. The summed E-state index contributed by atoms with van der Waals surface area (Å²) in [6.07, 6.45) is 1.42. The van der Waals surface area contributed by atoms with Crippen molar-refractivity contribution in [1.82, 2.24) is 5.43 Å². The summed E-state index contributed by atoms with van der Waals surface area (Å²) in [6.45, 7) is 1.99. The number of thiocarbonyl (C=S) groups is 1. The van der Waals surface area contributed by atoms with Crippen molar-refractivity contribution in [3.63, 3.8) is 0 Å². The second-order valence-corrected chi connectivity index (χ2v) is 6.19. The van der Waals surface area contributed by atoms with Crippen LogP contribution in [0.2, 0.25) is 0 Å². The third-order valence-electron chi connectivity index (χ3n) is 2.82. The van der Waals surface area contributed by atoms with Crippen molar-refractivity contribution in [2.45, 2.75) is 16.7 Å². The molecule has 2 aromatic carbocycles. The number of hydrazone groups is 1. The molecule has 2 aromatic rings. The van der Waals surface area contributed by atoms with E-state index in [1.807, 2.05) is 31.2 Å². The van der Waals surface area contributed by atoms with Crippen LogP contribution in [0.3, 0.4) is 0 Å². The molecular formula is C15H14N4O2S2. The molecule has 0 saturated carbocycles. The molecule has 0 aliphatic rings. The van der Waals surface area contributed by atoms with Crippen LogP contribution in [0.15, 0.2) is 57.4 Å². The number of hydrogen-bond acceptors (Lipinski definition) is 5. The van der Waals surface area contributed by atoms with Gasteiger partial charge in [0.15, 0.2) is 5.11 Å². The molecule has 0 spiro atoms. The summed E-state index contributed by atoms with van der Waals surface area (Å²) >= 11 is 5.97. The van der Waals surface area contributed by atoms with Gasteiger partial charge in [-0.3, -0.25) is 15.5 Å². The van der Waals surface area contributed by atoms with Gasteiger partial charge < -0.3 is 5.73 Å². The maximum atomic E-state index is 11.3. The van der Waals surface area contributed by atoms with Gasteiger partial charge in [-0.25, -0.2) is 0 Å². The van der Waals surface area contributed by atoms with Crippen molar-refractivity contribution in [3.05, 3.63) is 63.7 Å². The second-order valence-electron chi connectivity index (χ2n) is 4.63. The van der Waals surface area contributed by atoms with Crippen LogP contribution >= 0.6 is 24.0 Å². The fraction of sp³-hybridized carbons (Fsp3) is 0.0667. The van der Waals surface area contributed by atoms with Gasteiger partial charge in [-0.05, 0) is 37.3 Å². The Balaban J connectivity index is 2.25. The Morgan fingerprint density at radius 3 is 2.65 bits per heavy atom. The molecule has 23 heavy (non-hydrogen) atoms. The molecule has 0 amide bonds. The van der Waals surface area contributed by atoms with Crippen molar-refractivity contribution in [3.8, 4) is 0 Å². The van der Waals surface area contributed by atoms with E-state index in [2.05, 4.69) is 22.7 Å². The SMILES string of the molecule is Cc1ccc(Sc2ccc(/C=N/NC(N)=S)cc2[N+](=O)[O-])cc1. The molecule has 0 unspecified atom stereocenters. The molecule has 0 radical (unpaired) electrons. The summed E-state index contributed by atoms with van der Waals surface area (Å²) in [5.41, 5.74) is 9.40. The highest BCUT2D eigenvalue weighted by Crippen LogP contribution is 2.35. The van der Waals surface area contributed by atoms with Gasteiger partial charge in [-0.15, -0.1) is 0 Å². The molecule has 0 fully saturated rings. The number of benzene rings is 2. The molecule has 118 valence electrons. The Kier molecular flexibility index (Phi) is 5.67. The number of nitrogens with one attached hydrogen (secondary N) is 1. The quantitative estimate of drug-likeness (QED) is 0.374. The van der Waals surface area contributed by atoms with Gasteiger partial charge in [0.05, 0.1) is 16.0 Å². The van der Waals surface area contributed by atoms with Crippen LogP contribution in [0, 0.1) is 17.0 Å². The first kappa shape index (κ1) is 16.9. The Labute approximate surface area is 142 Å². The number of rotatable bonds is 5. The highest BCUT2D eigenvalue weighted by molar-refractivity contribution is 7.99. The number of nitro benzene ring substituents is 1. The smallest absolute Gasteiger partial charge is 0.283 e. The van der Waals surface area contributed by atoms with E-state index in [1.54, 1.807) is 12.1 Å². The normalized spacial score (nSPS) is 10.7. The third-order valence-corrected chi connectivity index (χ3v) is 3.98. The summed E-state index contributed by atoms with van der Waals surface area (Å²) in [7, 11) is 0. The molecular weight excluding hydrogens is 332 g/mol. The van der Waals surface area contributed by atoms with Crippen LogP contribution in [-0.2, 0) is 0 Å². The molecule has 0 saturated heterocycles. The lowest BCUT2D eigenvalue weighted by Gasteiger charge is -2.04. The van der Waals surface area contributed by atoms with E-state index in [9.17, 15) is 10.1 Å². The van der Waals surface area contributed by atoms with Crippen molar-refractivity contribution in [2.75, 3.05) is 0 Å². The lowest BCUT2D eigenvalue weighted by atomic mass is 10.2. The number of nitrogens with zero attached hydrogens (tertiary/aromatic N) is 2. The maximum absolute atomic E-state index is 11.3. The van der Waals surface area contributed by atoms with E-state index < -0.39 is 4.92 Å². The van der Waals surface area contributed by atoms with Gasteiger partial charge in [0.2, 0.25) is 0 Å². The van der Waals surface area contributed by atoms with Crippen LogP contribution in [-0.4, -0.2) is 16.3 Å². The van der Waals surface area contributed by atoms with E-state index in [0.29, 0.717) is 10.5 Å². The van der Waals surface area contributed by atoms with E-state index in [-0.39, 0.29) is 10.8 Å². The molecule has 0 bridgehead atoms. The first-order valence-corrected chi connectivity index (χ1v) is 7.79. The fourth-order valence-corrected chi connectivity index (χ4v) is 2.70. The first-order valence-electron chi connectivity index (χ1n) is 6.57. The van der Waals surface area contributed by atoms with Crippen LogP contribution < -0.4 is 11.2 Å². The summed E-state index contributed by atoms with van der Waals surface area (Å²) in [4.78, 5) is 12.4. The van der Waals surface area contributed by atoms with Crippen LogP contribution in [0.5, 0.6) is 0 Å². The van der Waals surface area contributed by atoms with Crippen LogP contribution in [0.1, 0.15) is 11.1 Å². The summed E-state index contributed by atoms with van der Waals surface area (Å²) in [5.74, 6) is 0. The van der Waals surface area contributed by atoms with Crippen molar-refractivity contribution < 1.29 is 4.92 Å². The highest BCUT2D eigenvalue weighted by atomic mass is 32.2. The molecule has 0 heterocycles. The Morgan fingerprint density at radius 2 is 2.04 bits per heavy atom. The zero-order valence-electron chi connectivity index (χ0n) is 12.2. The molecule has 8 heteroatoms. The van der Waals surface area contributed by atoms with Crippen molar-refractivity contribution in [1.29, 1.82) is 0 Å². The molecule has 0 aromatic heterocycles. The van der Waals surface area contributed by atoms with Crippen molar-refractivity contribution >= 4 is 41.0 Å². The van der Waals surface area contributed by atoms with Gasteiger partial charge in [0.25, 0.3) is 5.69 Å². The minimum atomic E-state index is -0.408. The Morgan fingerprint density at radius 1 is 1.35 bits per heavy atom.